The number of nitrogens with zero attached hydrogens (tertiary/aromatic N) is 1. The van der Waals surface area contributed by atoms with Gasteiger partial charge in [0.2, 0.25) is 5.91 Å². The topological polar surface area (TPSA) is 72.6 Å². The van der Waals surface area contributed by atoms with E-state index in [0.29, 0.717) is 12.3 Å². The molecule has 0 spiro atoms. The quantitative estimate of drug-likeness (QED) is 0.851. The highest BCUT2D eigenvalue weighted by molar-refractivity contribution is 7.99. The smallest absolute Gasteiger partial charge is 0.326 e. The molecule has 1 aromatic rings. The average molecular weight is 342 g/mol. The van der Waals surface area contributed by atoms with Crippen molar-refractivity contribution in [1.29, 1.82) is 0 Å². The van der Waals surface area contributed by atoms with Crippen molar-refractivity contribution in [3.63, 3.8) is 0 Å². The zero-order valence-electron chi connectivity index (χ0n) is 13.1. The highest BCUT2D eigenvalue weighted by Crippen LogP contribution is 2.35. The molecule has 2 heterocycles. The van der Waals surface area contributed by atoms with Crippen LogP contribution in [0.25, 0.3) is 0 Å². The molecule has 5 nitrogen and oxygen atoms in total. The molecule has 1 fully saturated rings. The molecule has 1 aliphatic heterocycles. The zero-order valence-corrected chi connectivity index (χ0v) is 14.7. The molecule has 22 heavy (non-hydrogen) atoms. The maximum atomic E-state index is 12.3. The number of hydrogen-bond donors (Lipinski definition) is 1. The van der Waals surface area contributed by atoms with Gasteiger partial charge < -0.3 is 15.4 Å². The Kier molecular flexibility index (Phi) is 5.52. The van der Waals surface area contributed by atoms with E-state index in [1.165, 1.54) is 9.78 Å². The van der Waals surface area contributed by atoms with Crippen molar-refractivity contribution >= 4 is 35.0 Å². The summed E-state index contributed by atoms with van der Waals surface area (Å²) in [7, 11) is 0. The predicted molar refractivity (Wildman–Crippen MR) is 89.9 cm³/mol. The van der Waals surface area contributed by atoms with Crippen molar-refractivity contribution < 1.29 is 14.3 Å². The minimum absolute atomic E-state index is 0.0494. The Labute approximate surface area is 139 Å². The van der Waals surface area contributed by atoms with Crippen LogP contribution in [0.5, 0.6) is 0 Å². The van der Waals surface area contributed by atoms with Gasteiger partial charge in [0.1, 0.15) is 12.1 Å². The van der Waals surface area contributed by atoms with E-state index in [-0.39, 0.29) is 17.7 Å². The summed E-state index contributed by atoms with van der Waals surface area (Å²) in [6.45, 7) is 5.87. The second-order valence-corrected chi connectivity index (χ2v) is 8.46. The highest BCUT2D eigenvalue weighted by Gasteiger charge is 2.32. The van der Waals surface area contributed by atoms with Crippen LogP contribution in [0, 0.1) is 0 Å². The lowest BCUT2D eigenvalue weighted by Gasteiger charge is -2.26. The van der Waals surface area contributed by atoms with Crippen molar-refractivity contribution in [3.8, 4) is 0 Å². The molecule has 2 atom stereocenters. The zero-order chi connectivity index (χ0) is 16.3. The molecule has 0 radical (unpaired) electrons. The predicted octanol–water partition coefficient (Wildman–Crippen LogP) is 2.03. The van der Waals surface area contributed by atoms with E-state index < -0.39 is 17.6 Å². The largest absolute Gasteiger partial charge is 0.459 e. The van der Waals surface area contributed by atoms with Crippen LogP contribution in [0.2, 0.25) is 0 Å². The molecule has 2 rings (SSSR count). The average Bonchev–Trinajstić information content (AvgIpc) is 2.88. The van der Waals surface area contributed by atoms with Gasteiger partial charge in [0.05, 0.1) is 11.3 Å². The van der Waals surface area contributed by atoms with Crippen molar-refractivity contribution in [2.45, 2.75) is 37.7 Å². The molecule has 0 aliphatic carbocycles. The number of thiophene rings is 1. The molecule has 1 aromatic heterocycles. The summed E-state index contributed by atoms with van der Waals surface area (Å²) in [5, 5.41) is 2.17. The summed E-state index contributed by atoms with van der Waals surface area (Å²) >= 11 is 3.32. The Morgan fingerprint density at radius 2 is 2.23 bits per heavy atom. The molecule has 122 valence electrons. The number of rotatable bonds is 3. The standard InChI is InChI=1S/C15H22N2O3S2/c1-15(2,3)20-13(18)8-17-7-12(11-5-4-6-21-11)22-9-10(16)14(17)19/h4-6,10,12H,7-9,16H2,1-3H3/t10-,12-/m0/s1. The molecular weight excluding hydrogens is 320 g/mol. The molecule has 1 saturated heterocycles. The second-order valence-electron chi connectivity index (χ2n) is 6.25. The number of hydrogen-bond acceptors (Lipinski definition) is 6. The first-order valence-electron chi connectivity index (χ1n) is 7.17. The number of esters is 1. The first-order valence-corrected chi connectivity index (χ1v) is 9.10. The maximum absolute atomic E-state index is 12.3. The van der Waals surface area contributed by atoms with Gasteiger partial charge in [0.25, 0.3) is 0 Å². The maximum Gasteiger partial charge on any atom is 0.326 e. The van der Waals surface area contributed by atoms with Gasteiger partial charge in [-0.2, -0.15) is 0 Å². The fourth-order valence-corrected chi connectivity index (χ4v) is 4.37. The van der Waals surface area contributed by atoms with E-state index in [4.69, 9.17) is 10.5 Å². The van der Waals surface area contributed by atoms with Gasteiger partial charge in [0, 0.05) is 17.2 Å². The molecule has 7 heteroatoms. The molecule has 0 bridgehead atoms. The Bertz CT molecular complexity index is 525. The summed E-state index contributed by atoms with van der Waals surface area (Å²) in [6.07, 6.45) is 0. The fraction of sp³-hybridized carbons (Fsp3) is 0.600. The van der Waals surface area contributed by atoms with Crippen LogP contribution in [0.4, 0.5) is 0 Å². The lowest BCUT2D eigenvalue weighted by atomic mass is 10.2. The summed E-state index contributed by atoms with van der Waals surface area (Å²) < 4.78 is 5.31. The summed E-state index contributed by atoms with van der Waals surface area (Å²) in [5.74, 6) is -0.0195. The summed E-state index contributed by atoms with van der Waals surface area (Å²) in [5.41, 5.74) is 5.37. The number of carbonyl (C=O) groups is 2. The number of amides is 1. The van der Waals surface area contributed by atoms with Crippen LogP contribution in [-0.4, -0.2) is 47.3 Å². The molecule has 0 aromatic carbocycles. The third-order valence-corrected chi connectivity index (χ3v) is 5.58. The van der Waals surface area contributed by atoms with Crippen LogP contribution in [0.15, 0.2) is 17.5 Å². The lowest BCUT2D eigenvalue weighted by Crippen LogP contribution is -2.47. The Morgan fingerprint density at radius 1 is 1.50 bits per heavy atom. The van der Waals surface area contributed by atoms with Crippen LogP contribution in [-0.2, 0) is 14.3 Å². The molecule has 2 N–H and O–H groups in total. The first kappa shape index (κ1) is 17.3. The van der Waals surface area contributed by atoms with Gasteiger partial charge >= 0.3 is 5.97 Å². The van der Waals surface area contributed by atoms with Gasteiger partial charge in [-0.05, 0) is 32.2 Å². The van der Waals surface area contributed by atoms with E-state index in [0.717, 1.165) is 0 Å². The SMILES string of the molecule is CC(C)(C)OC(=O)CN1C[C@@H](c2cccs2)SC[C@H](N)C1=O. The van der Waals surface area contributed by atoms with Crippen LogP contribution in [0.3, 0.4) is 0 Å². The number of ether oxygens (including phenoxy) is 1. The van der Waals surface area contributed by atoms with Gasteiger partial charge in [-0.15, -0.1) is 23.1 Å². The Balaban J connectivity index is 2.08. The van der Waals surface area contributed by atoms with Gasteiger partial charge in [0.15, 0.2) is 0 Å². The monoisotopic (exact) mass is 342 g/mol. The van der Waals surface area contributed by atoms with E-state index in [1.807, 2.05) is 32.2 Å². The third-order valence-electron chi connectivity index (χ3n) is 3.09. The van der Waals surface area contributed by atoms with E-state index in [2.05, 4.69) is 6.07 Å². The Morgan fingerprint density at radius 3 is 2.82 bits per heavy atom. The number of nitrogens with two attached hydrogens (primary N) is 1. The molecule has 1 amide bonds. The van der Waals surface area contributed by atoms with E-state index in [1.54, 1.807) is 23.1 Å². The lowest BCUT2D eigenvalue weighted by molar-refractivity contribution is -0.159. The van der Waals surface area contributed by atoms with Gasteiger partial charge in [-0.1, -0.05) is 6.07 Å². The molecular formula is C15H22N2O3S2. The van der Waals surface area contributed by atoms with Crippen molar-refractivity contribution in [1.82, 2.24) is 4.90 Å². The van der Waals surface area contributed by atoms with Crippen LogP contribution >= 0.6 is 23.1 Å². The van der Waals surface area contributed by atoms with Crippen molar-refractivity contribution in [2.24, 2.45) is 5.73 Å². The van der Waals surface area contributed by atoms with E-state index >= 15 is 0 Å². The van der Waals surface area contributed by atoms with Crippen LogP contribution < -0.4 is 5.73 Å². The van der Waals surface area contributed by atoms with Crippen LogP contribution in [0.1, 0.15) is 30.9 Å². The van der Waals surface area contributed by atoms with Gasteiger partial charge in [-0.3, -0.25) is 9.59 Å². The minimum atomic E-state index is -0.572. The normalized spacial score (nSPS) is 23.3. The van der Waals surface area contributed by atoms with Gasteiger partial charge in [-0.25, -0.2) is 0 Å². The van der Waals surface area contributed by atoms with Crippen molar-refractivity contribution in [2.75, 3.05) is 18.8 Å². The molecule has 0 saturated carbocycles. The molecule has 0 unspecified atom stereocenters. The Hall–Kier alpha value is -1.05. The summed E-state index contributed by atoms with van der Waals surface area (Å²) in [6, 6.07) is 3.47. The minimum Gasteiger partial charge on any atom is -0.459 e. The number of thioether (sulfide) groups is 1. The first-order chi connectivity index (χ1) is 10.3. The molecule has 1 aliphatic rings. The van der Waals surface area contributed by atoms with E-state index in [9.17, 15) is 9.59 Å². The fourth-order valence-electron chi connectivity index (χ4n) is 2.19. The van der Waals surface area contributed by atoms with Crippen molar-refractivity contribution in [3.05, 3.63) is 22.4 Å². The summed E-state index contributed by atoms with van der Waals surface area (Å²) in [4.78, 5) is 27.1. The highest BCUT2D eigenvalue weighted by atomic mass is 32.2. The second kappa shape index (κ2) is 7.02. The third kappa shape index (κ3) is 4.72. The number of carbonyl (C=O) groups excluding carboxylic acids is 2.